The summed E-state index contributed by atoms with van der Waals surface area (Å²) in [5.74, 6) is 0. The lowest BCUT2D eigenvalue weighted by molar-refractivity contribution is 0.0588. The summed E-state index contributed by atoms with van der Waals surface area (Å²) in [6, 6.07) is 14.5. The van der Waals surface area contributed by atoms with Gasteiger partial charge in [0.05, 0.1) is 17.6 Å². The molecule has 0 fully saturated rings. The summed E-state index contributed by atoms with van der Waals surface area (Å²) in [6.45, 7) is 1.56. The third-order valence-electron chi connectivity index (χ3n) is 3.42. The van der Waals surface area contributed by atoms with Crippen molar-refractivity contribution in [3.63, 3.8) is 0 Å². The molecule has 4 nitrogen and oxygen atoms in total. The zero-order chi connectivity index (χ0) is 16.9. The van der Waals surface area contributed by atoms with Gasteiger partial charge in [-0.15, -0.1) is 0 Å². The Kier molecular flexibility index (Phi) is 5.87. The molecule has 0 unspecified atom stereocenters. The van der Waals surface area contributed by atoms with Gasteiger partial charge in [-0.05, 0) is 24.6 Å². The highest BCUT2D eigenvalue weighted by atomic mass is 32.2. The Bertz CT molecular complexity index is 714. The van der Waals surface area contributed by atoms with Gasteiger partial charge < -0.3 is 5.11 Å². The van der Waals surface area contributed by atoms with Gasteiger partial charge in [-0.3, -0.25) is 4.18 Å². The fraction of sp³-hybridized carbons (Fsp3) is 0.294. The molecular formula is C17H19FO4S. The van der Waals surface area contributed by atoms with Crippen molar-refractivity contribution in [2.24, 2.45) is 0 Å². The molecule has 2 rings (SSSR count). The van der Waals surface area contributed by atoms with E-state index in [1.807, 2.05) is 6.92 Å². The topological polar surface area (TPSA) is 63.6 Å². The van der Waals surface area contributed by atoms with E-state index in [2.05, 4.69) is 0 Å². The molecule has 0 radical (unpaired) electrons. The number of alkyl halides is 1. The average Bonchev–Trinajstić information content (AvgIpc) is 2.55. The van der Waals surface area contributed by atoms with Crippen LogP contribution in [0.1, 0.15) is 23.7 Å². The fourth-order valence-electron chi connectivity index (χ4n) is 2.06. The monoisotopic (exact) mass is 338 g/mol. The van der Waals surface area contributed by atoms with Crippen molar-refractivity contribution in [3.8, 4) is 0 Å². The number of benzene rings is 2. The third-order valence-corrected chi connectivity index (χ3v) is 4.74. The Labute approximate surface area is 135 Å². The Morgan fingerprint density at radius 3 is 2.30 bits per heavy atom. The second-order valence-electron chi connectivity index (χ2n) is 5.26. The van der Waals surface area contributed by atoms with Crippen LogP contribution in [0.5, 0.6) is 0 Å². The first kappa shape index (κ1) is 17.6. The lowest BCUT2D eigenvalue weighted by Crippen LogP contribution is -2.19. The van der Waals surface area contributed by atoms with Crippen molar-refractivity contribution in [1.29, 1.82) is 0 Å². The molecule has 0 saturated carbocycles. The van der Waals surface area contributed by atoms with Crippen LogP contribution in [0, 0.1) is 6.92 Å². The minimum Gasteiger partial charge on any atom is -0.390 e. The highest BCUT2D eigenvalue weighted by Crippen LogP contribution is 2.23. The maximum atomic E-state index is 14.1. The summed E-state index contributed by atoms with van der Waals surface area (Å²) in [5, 5.41) is 9.83. The van der Waals surface area contributed by atoms with Gasteiger partial charge in [0.2, 0.25) is 0 Å². The molecule has 6 heteroatoms. The molecule has 0 aliphatic carbocycles. The first-order valence-electron chi connectivity index (χ1n) is 7.23. The quantitative estimate of drug-likeness (QED) is 0.788. The zero-order valence-electron chi connectivity index (χ0n) is 12.7. The Morgan fingerprint density at radius 1 is 1.09 bits per heavy atom. The van der Waals surface area contributed by atoms with E-state index in [0.717, 1.165) is 5.56 Å². The third kappa shape index (κ3) is 4.86. The summed E-state index contributed by atoms with van der Waals surface area (Å²) < 4.78 is 42.9. The molecule has 0 amide bonds. The second-order valence-corrected chi connectivity index (χ2v) is 6.87. The number of halogens is 1. The van der Waals surface area contributed by atoms with Crippen molar-refractivity contribution in [2.45, 2.75) is 30.5 Å². The molecule has 124 valence electrons. The van der Waals surface area contributed by atoms with E-state index in [9.17, 15) is 17.9 Å². The maximum absolute atomic E-state index is 14.1. The van der Waals surface area contributed by atoms with Gasteiger partial charge in [0.1, 0.15) is 0 Å². The van der Waals surface area contributed by atoms with Gasteiger partial charge in [0.25, 0.3) is 10.1 Å². The normalized spacial score (nSPS) is 14.4. The van der Waals surface area contributed by atoms with E-state index in [0.29, 0.717) is 5.56 Å². The first-order chi connectivity index (χ1) is 10.9. The summed E-state index contributed by atoms with van der Waals surface area (Å²) in [7, 11) is -3.90. The van der Waals surface area contributed by atoms with Crippen LogP contribution in [0.2, 0.25) is 0 Å². The number of aryl methyl sites for hydroxylation is 1. The summed E-state index contributed by atoms with van der Waals surface area (Å²) in [5.41, 5.74) is 1.28. The van der Waals surface area contributed by atoms with E-state index in [4.69, 9.17) is 4.18 Å². The largest absolute Gasteiger partial charge is 0.390 e. The van der Waals surface area contributed by atoms with Crippen LogP contribution in [0.25, 0.3) is 0 Å². The van der Waals surface area contributed by atoms with Crippen LogP contribution < -0.4 is 0 Å². The van der Waals surface area contributed by atoms with Crippen molar-refractivity contribution in [2.75, 3.05) is 6.61 Å². The van der Waals surface area contributed by atoms with Crippen molar-refractivity contribution < 1.29 is 22.1 Å². The molecule has 0 saturated heterocycles. The minimum absolute atomic E-state index is 0.0393. The molecule has 0 aromatic heterocycles. The van der Waals surface area contributed by atoms with Gasteiger partial charge in [-0.25, -0.2) is 4.39 Å². The molecule has 1 N–H and O–H groups in total. The van der Waals surface area contributed by atoms with Crippen LogP contribution in [0.4, 0.5) is 4.39 Å². The SMILES string of the molecule is Cc1ccc(S(=O)(=O)OCC[C@@H](O)[C@H](F)c2ccccc2)cc1. The van der Waals surface area contributed by atoms with Gasteiger partial charge in [0.15, 0.2) is 6.17 Å². The Balaban J connectivity index is 1.90. The first-order valence-corrected chi connectivity index (χ1v) is 8.64. The van der Waals surface area contributed by atoms with Crippen molar-refractivity contribution >= 4 is 10.1 Å². The van der Waals surface area contributed by atoms with Crippen LogP contribution in [0.3, 0.4) is 0 Å². The second kappa shape index (κ2) is 7.68. The molecule has 2 aromatic carbocycles. The van der Waals surface area contributed by atoms with E-state index < -0.39 is 22.4 Å². The lowest BCUT2D eigenvalue weighted by Gasteiger charge is -2.16. The van der Waals surface area contributed by atoms with Gasteiger partial charge in [-0.2, -0.15) is 8.42 Å². The smallest absolute Gasteiger partial charge is 0.296 e. The summed E-state index contributed by atoms with van der Waals surface area (Å²) in [4.78, 5) is 0.0393. The van der Waals surface area contributed by atoms with E-state index >= 15 is 0 Å². The predicted molar refractivity (Wildman–Crippen MR) is 85.2 cm³/mol. The lowest BCUT2D eigenvalue weighted by atomic mass is 10.0. The van der Waals surface area contributed by atoms with Crippen LogP contribution in [-0.2, 0) is 14.3 Å². The minimum atomic E-state index is -3.90. The molecule has 2 aromatic rings. The van der Waals surface area contributed by atoms with E-state index in [-0.39, 0.29) is 17.9 Å². The molecule has 2 atom stereocenters. The summed E-state index contributed by atoms with van der Waals surface area (Å²) >= 11 is 0. The number of hydrogen-bond donors (Lipinski definition) is 1. The maximum Gasteiger partial charge on any atom is 0.296 e. The number of aliphatic hydroxyl groups is 1. The van der Waals surface area contributed by atoms with Crippen molar-refractivity contribution in [1.82, 2.24) is 0 Å². The Hall–Kier alpha value is -1.76. The highest BCUT2D eigenvalue weighted by Gasteiger charge is 2.22. The number of rotatable bonds is 7. The van der Waals surface area contributed by atoms with Crippen LogP contribution in [0.15, 0.2) is 59.5 Å². The summed E-state index contributed by atoms with van der Waals surface area (Å²) in [6.07, 6.45) is -3.03. The molecule has 0 aliphatic heterocycles. The van der Waals surface area contributed by atoms with Gasteiger partial charge in [0, 0.05) is 6.42 Å². The fourth-order valence-corrected chi connectivity index (χ4v) is 2.98. The average molecular weight is 338 g/mol. The van der Waals surface area contributed by atoms with Gasteiger partial charge in [-0.1, -0.05) is 48.0 Å². The van der Waals surface area contributed by atoms with Crippen molar-refractivity contribution in [3.05, 3.63) is 65.7 Å². The van der Waals surface area contributed by atoms with Crippen LogP contribution >= 0.6 is 0 Å². The van der Waals surface area contributed by atoms with Gasteiger partial charge >= 0.3 is 0 Å². The molecule has 0 bridgehead atoms. The Morgan fingerprint density at radius 2 is 1.70 bits per heavy atom. The molecule has 0 spiro atoms. The zero-order valence-corrected chi connectivity index (χ0v) is 13.5. The van der Waals surface area contributed by atoms with E-state index in [1.165, 1.54) is 12.1 Å². The standard InChI is InChI=1S/C17H19FO4S/c1-13-7-9-15(10-8-13)23(20,21)22-12-11-16(19)17(18)14-5-3-2-4-6-14/h2-10,16-17,19H,11-12H2,1H3/t16-,17-/m1/s1. The number of hydrogen-bond acceptors (Lipinski definition) is 4. The molecule has 0 heterocycles. The van der Waals surface area contributed by atoms with E-state index in [1.54, 1.807) is 42.5 Å². The highest BCUT2D eigenvalue weighted by molar-refractivity contribution is 7.86. The number of aliphatic hydroxyl groups excluding tert-OH is 1. The van der Waals surface area contributed by atoms with Crippen LogP contribution in [-0.4, -0.2) is 26.2 Å². The molecule has 0 aliphatic rings. The molecular weight excluding hydrogens is 319 g/mol. The molecule has 23 heavy (non-hydrogen) atoms. The predicted octanol–water partition coefficient (Wildman–Crippen LogP) is 3.16.